The van der Waals surface area contributed by atoms with Gasteiger partial charge in [-0.3, -0.25) is 11.3 Å². The fraction of sp³-hybridized carbons (Fsp3) is 0.333. The molecule has 2 nitrogen and oxygen atoms in total. The second-order valence-corrected chi connectivity index (χ2v) is 5.28. The van der Waals surface area contributed by atoms with Gasteiger partial charge in [-0.05, 0) is 48.4 Å². The van der Waals surface area contributed by atoms with Crippen LogP contribution >= 0.6 is 0 Å². The summed E-state index contributed by atoms with van der Waals surface area (Å²) < 4.78 is 0. The summed E-state index contributed by atoms with van der Waals surface area (Å²) in [6.07, 6.45) is 3.12. The van der Waals surface area contributed by atoms with E-state index in [-0.39, 0.29) is 6.04 Å². The molecule has 106 valence electrons. The van der Waals surface area contributed by atoms with E-state index < -0.39 is 0 Å². The lowest BCUT2D eigenvalue weighted by Crippen LogP contribution is -2.28. The molecule has 0 saturated heterocycles. The Balaban J connectivity index is 2.03. The highest BCUT2D eigenvalue weighted by Gasteiger charge is 2.10. The number of hydrogen-bond acceptors (Lipinski definition) is 2. The van der Waals surface area contributed by atoms with Gasteiger partial charge in [-0.2, -0.15) is 0 Å². The Morgan fingerprint density at radius 3 is 2.35 bits per heavy atom. The van der Waals surface area contributed by atoms with E-state index in [0.717, 1.165) is 19.3 Å². The first kappa shape index (κ1) is 14.8. The average molecular weight is 268 g/mol. The van der Waals surface area contributed by atoms with Crippen molar-refractivity contribution in [1.29, 1.82) is 0 Å². The van der Waals surface area contributed by atoms with Gasteiger partial charge >= 0.3 is 0 Å². The highest BCUT2D eigenvalue weighted by molar-refractivity contribution is 5.28. The quantitative estimate of drug-likeness (QED) is 0.619. The summed E-state index contributed by atoms with van der Waals surface area (Å²) in [4.78, 5) is 0. The maximum absolute atomic E-state index is 5.73. The summed E-state index contributed by atoms with van der Waals surface area (Å²) in [5.41, 5.74) is 8.32. The van der Waals surface area contributed by atoms with Crippen LogP contribution in [0.25, 0.3) is 0 Å². The number of rotatable bonds is 6. The van der Waals surface area contributed by atoms with Crippen LogP contribution in [0.15, 0.2) is 48.5 Å². The van der Waals surface area contributed by atoms with Crippen molar-refractivity contribution in [2.75, 3.05) is 0 Å². The standard InChI is InChI=1S/C18H24N2/c1-3-15-8-10-17(11-9-15)18(20-19)13-12-16-7-5-4-6-14(16)2/h4-11,18,20H,3,12-13,19H2,1-2H3. The lowest BCUT2D eigenvalue weighted by atomic mass is 9.96. The first-order valence-electron chi connectivity index (χ1n) is 7.34. The Morgan fingerprint density at radius 2 is 1.75 bits per heavy atom. The van der Waals surface area contributed by atoms with Crippen LogP contribution in [0.5, 0.6) is 0 Å². The van der Waals surface area contributed by atoms with Gasteiger partial charge in [0.2, 0.25) is 0 Å². The molecule has 1 atom stereocenters. The van der Waals surface area contributed by atoms with Crippen molar-refractivity contribution >= 4 is 0 Å². The van der Waals surface area contributed by atoms with Crippen molar-refractivity contribution in [2.24, 2.45) is 5.84 Å². The second kappa shape index (κ2) is 7.22. The zero-order valence-corrected chi connectivity index (χ0v) is 12.4. The number of hydrazine groups is 1. The number of benzene rings is 2. The Kier molecular flexibility index (Phi) is 5.33. The number of nitrogens with one attached hydrogen (secondary N) is 1. The molecule has 0 radical (unpaired) electrons. The summed E-state index contributed by atoms with van der Waals surface area (Å²) in [6.45, 7) is 4.34. The molecule has 20 heavy (non-hydrogen) atoms. The van der Waals surface area contributed by atoms with Gasteiger partial charge in [0.05, 0.1) is 0 Å². The van der Waals surface area contributed by atoms with E-state index in [2.05, 4.69) is 67.8 Å². The molecule has 3 N–H and O–H groups in total. The maximum Gasteiger partial charge on any atom is 0.0463 e. The highest BCUT2D eigenvalue weighted by atomic mass is 15.2. The van der Waals surface area contributed by atoms with Gasteiger partial charge in [0.25, 0.3) is 0 Å². The molecular formula is C18H24N2. The van der Waals surface area contributed by atoms with E-state index in [1.54, 1.807) is 0 Å². The summed E-state index contributed by atoms with van der Waals surface area (Å²) in [5.74, 6) is 5.73. The van der Waals surface area contributed by atoms with Gasteiger partial charge in [0, 0.05) is 6.04 Å². The van der Waals surface area contributed by atoms with Crippen molar-refractivity contribution in [3.8, 4) is 0 Å². The topological polar surface area (TPSA) is 38.0 Å². The van der Waals surface area contributed by atoms with Crippen LogP contribution in [0.2, 0.25) is 0 Å². The van der Waals surface area contributed by atoms with Crippen molar-refractivity contribution < 1.29 is 0 Å². The minimum absolute atomic E-state index is 0.209. The fourth-order valence-corrected chi connectivity index (χ4v) is 2.52. The van der Waals surface area contributed by atoms with Crippen LogP contribution in [0.1, 0.15) is 41.6 Å². The number of nitrogens with two attached hydrogens (primary N) is 1. The first-order chi connectivity index (χ1) is 9.74. The molecule has 2 rings (SSSR count). The first-order valence-corrected chi connectivity index (χ1v) is 7.34. The summed E-state index contributed by atoms with van der Waals surface area (Å²) in [7, 11) is 0. The SMILES string of the molecule is CCc1ccc(C(CCc2ccccc2C)NN)cc1. The molecule has 0 aliphatic heterocycles. The van der Waals surface area contributed by atoms with Gasteiger partial charge in [0.1, 0.15) is 0 Å². The van der Waals surface area contributed by atoms with E-state index in [1.165, 1.54) is 22.3 Å². The summed E-state index contributed by atoms with van der Waals surface area (Å²) in [5, 5.41) is 0. The lowest BCUT2D eigenvalue weighted by Gasteiger charge is -2.17. The molecule has 2 aromatic rings. The van der Waals surface area contributed by atoms with Gasteiger partial charge in [-0.1, -0.05) is 55.5 Å². The number of hydrogen-bond donors (Lipinski definition) is 2. The van der Waals surface area contributed by atoms with Gasteiger partial charge < -0.3 is 0 Å². The molecule has 0 fully saturated rings. The van der Waals surface area contributed by atoms with Gasteiger partial charge in [0.15, 0.2) is 0 Å². The molecule has 1 unspecified atom stereocenters. The van der Waals surface area contributed by atoms with Crippen LogP contribution in [0, 0.1) is 6.92 Å². The molecule has 0 spiro atoms. The van der Waals surface area contributed by atoms with E-state index in [1.807, 2.05) is 0 Å². The average Bonchev–Trinajstić information content (AvgIpc) is 2.50. The number of aryl methyl sites for hydroxylation is 3. The normalized spacial score (nSPS) is 12.3. The van der Waals surface area contributed by atoms with Gasteiger partial charge in [-0.15, -0.1) is 0 Å². The molecule has 0 aromatic heterocycles. The van der Waals surface area contributed by atoms with Crippen LogP contribution in [0.4, 0.5) is 0 Å². The van der Waals surface area contributed by atoms with Crippen LogP contribution in [0.3, 0.4) is 0 Å². The Hall–Kier alpha value is -1.64. The molecular weight excluding hydrogens is 244 g/mol. The monoisotopic (exact) mass is 268 g/mol. The molecule has 2 aromatic carbocycles. The van der Waals surface area contributed by atoms with Gasteiger partial charge in [-0.25, -0.2) is 0 Å². The zero-order chi connectivity index (χ0) is 14.4. The van der Waals surface area contributed by atoms with Crippen molar-refractivity contribution in [1.82, 2.24) is 5.43 Å². The lowest BCUT2D eigenvalue weighted by molar-refractivity contribution is 0.516. The smallest absolute Gasteiger partial charge is 0.0463 e. The molecule has 0 bridgehead atoms. The fourth-order valence-electron chi connectivity index (χ4n) is 2.52. The molecule has 0 aliphatic rings. The third kappa shape index (κ3) is 3.69. The van der Waals surface area contributed by atoms with Crippen molar-refractivity contribution in [2.45, 2.75) is 39.2 Å². The minimum atomic E-state index is 0.209. The largest absolute Gasteiger partial charge is 0.271 e. The zero-order valence-electron chi connectivity index (χ0n) is 12.4. The predicted molar refractivity (Wildman–Crippen MR) is 85.4 cm³/mol. The third-order valence-electron chi connectivity index (χ3n) is 3.96. The van der Waals surface area contributed by atoms with Crippen molar-refractivity contribution in [3.63, 3.8) is 0 Å². The van der Waals surface area contributed by atoms with Crippen LogP contribution in [-0.2, 0) is 12.8 Å². The molecule has 0 aliphatic carbocycles. The summed E-state index contributed by atoms with van der Waals surface area (Å²) in [6, 6.07) is 17.5. The Bertz CT molecular complexity index is 531. The Morgan fingerprint density at radius 1 is 1.05 bits per heavy atom. The molecule has 0 heterocycles. The van der Waals surface area contributed by atoms with E-state index >= 15 is 0 Å². The molecule has 0 amide bonds. The van der Waals surface area contributed by atoms with Crippen LogP contribution < -0.4 is 11.3 Å². The van der Waals surface area contributed by atoms with E-state index in [4.69, 9.17) is 5.84 Å². The summed E-state index contributed by atoms with van der Waals surface area (Å²) >= 11 is 0. The molecule has 2 heteroatoms. The molecule has 0 saturated carbocycles. The second-order valence-electron chi connectivity index (χ2n) is 5.28. The van der Waals surface area contributed by atoms with Crippen LogP contribution in [-0.4, -0.2) is 0 Å². The van der Waals surface area contributed by atoms with E-state index in [9.17, 15) is 0 Å². The minimum Gasteiger partial charge on any atom is -0.271 e. The highest BCUT2D eigenvalue weighted by Crippen LogP contribution is 2.20. The third-order valence-corrected chi connectivity index (χ3v) is 3.96. The predicted octanol–water partition coefficient (Wildman–Crippen LogP) is 3.69. The Labute approximate surface area is 122 Å². The maximum atomic E-state index is 5.73. The van der Waals surface area contributed by atoms with E-state index in [0.29, 0.717) is 0 Å². The van der Waals surface area contributed by atoms with Crippen molar-refractivity contribution in [3.05, 3.63) is 70.8 Å².